The highest BCUT2D eigenvalue weighted by Crippen LogP contribution is 2.40. The van der Waals surface area contributed by atoms with Gasteiger partial charge in [-0.1, -0.05) is 0 Å². The Kier molecular flexibility index (Phi) is 1.66. The maximum atomic E-state index is 3.71. The van der Waals surface area contributed by atoms with E-state index in [1.807, 2.05) is 0 Å². The quantitative estimate of drug-likeness (QED) is 0.654. The molecule has 2 nitrogen and oxygen atoms in total. The van der Waals surface area contributed by atoms with E-state index >= 15 is 0 Å². The minimum atomic E-state index is 0.840. The average molecular weight is 166 g/mol. The summed E-state index contributed by atoms with van der Waals surface area (Å²) < 4.78 is 0. The summed E-state index contributed by atoms with van der Waals surface area (Å²) in [5.41, 5.74) is 0. The molecule has 1 saturated carbocycles. The van der Waals surface area contributed by atoms with Gasteiger partial charge in [-0.2, -0.15) is 0 Å². The molecule has 68 valence electrons. The summed E-state index contributed by atoms with van der Waals surface area (Å²) in [7, 11) is 0. The van der Waals surface area contributed by atoms with Crippen molar-refractivity contribution < 1.29 is 0 Å². The zero-order chi connectivity index (χ0) is 7.97. The normalized spacial score (nSPS) is 46.5. The molecule has 0 aromatic heterocycles. The minimum absolute atomic E-state index is 0.840. The van der Waals surface area contributed by atoms with Crippen LogP contribution in [0.15, 0.2) is 0 Å². The maximum absolute atomic E-state index is 3.71. The van der Waals surface area contributed by atoms with E-state index in [0.717, 1.165) is 18.0 Å². The van der Waals surface area contributed by atoms with E-state index in [2.05, 4.69) is 10.2 Å². The zero-order valence-corrected chi connectivity index (χ0v) is 7.63. The van der Waals surface area contributed by atoms with Crippen LogP contribution in [0, 0.1) is 5.92 Å². The van der Waals surface area contributed by atoms with E-state index in [0.29, 0.717) is 0 Å². The Hall–Kier alpha value is -0.0800. The van der Waals surface area contributed by atoms with Crippen molar-refractivity contribution in [1.29, 1.82) is 0 Å². The monoisotopic (exact) mass is 166 g/mol. The SMILES string of the molecule is C1CCN(C[C@@H]2C[C@@H]3C[C@@H]3N2)C1. The highest BCUT2D eigenvalue weighted by molar-refractivity contribution is 5.04. The third-order valence-corrected chi connectivity index (χ3v) is 3.64. The van der Waals surface area contributed by atoms with E-state index in [1.165, 1.54) is 45.3 Å². The second-order valence-electron chi connectivity index (χ2n) is 4.71. The molecule has 0 unspecified atom stereocenters. The van der Waals surface area contributed by atoms with Crippen molar-refractivity contribution in [3.63, 3.8) is 0 Å². The second-order valence-corrected chi connectivity index (χ2v) is 4.71. The molecule has 3 rings (SSSR count). The van der Waals surface area contributed by atoms with Crippen molar-refractivity contribution in [2.75, 3.05) is 19.6 Å². The molecule has 3 fully saturated rings. The first kappa shape index (κ1) is 7.34. The standard InChI is InChI=1S/C10H18N2/c1-2-4-12(3-1)7-9-5-8-6-10(8)11-9/h8-11H,1-7H2/t8-,9+,10+/m1/s1. The summed E-state index contributed by atoms with van der Waals surface area (Å²) in [6.45, 7) is 4.04. The van der Waals surface area contributed by atoms with Crippen LogP contribution in [-0.2, 0) is 0 Å². The van der Waals surface area contributed by atoms with Gasteiger partial charge in [0.1, 0.15) is 0 Å². The molecule has 3 atom stereocenters. The fraction of sp³-hybridized carbons (Fsp3) is 1.00. The third-order valence-electron chi connectivity index (χ3n) is 3.64. The highest BCUT2D eigenvalue weighted by Gasteiger charge is 2.45. The first-order valence-corrected chi connectivity index (χ1v) is 5.40. The van der Waals surface area contributed by atoms with Crippen molar-refractivity contribution in [2.45, 2.75) is 37.8 Å². The van der Waals surface area contributed by atoms with Crippen LogP contribution in [0.1, 0.15) is 25.7 Å². The van der Waals surface area contributed by atoms with Gasteiger partial charge in [-0.05, 0) is 44.7 Å². The van der Waals surface area contributed by atoms with Gasteiger partial charge in [-0.15, -0.1) is 0 Å². The van der Waals surface area contributed by atoms with Crippen LogP contribution >= 0.6 is 0 Å². The first-order chi connectivity index (χ1) is 5.92. The number of hydrogen-bond donors (Lipinski definition) is 1. The molecule has 0 aromatic carbocycles. The maximum Gasteiger partial charge on any atom is 0.0200 e. The van der Waals surface area contributed by atoms with Crippen LogP contribution < -0.4 is 5.32 Å². The van der Waals surface area contributed by atoms with Crippen molar-refractivity contribution in [3.05, 3.63) is 0 Å². The van der Waals surface area contributed by atoms with Crippen molar-refractivity contribution in [2.24, 2.45) is 5.92 Å². The fourth-order valence-electron chi connectivity index (χ4n) is 2.85. The summed E-state index contributed by atoms with van der Waals surface area (Å²) in [5, 5.41) is 3.71. The van der Waals surface area contributed by atoms with E-state index in [1.54, 1.807) is 0 Å². The summed E-state index contributed by atoms with van der Waals surface area (Å²) in [6, 6.07) is 1.77. The first-order valence-electron chi connectivity index (χ1n) is 5.40. The number of nitrogens with zero attached hydrogens (tertiary/aromatic N) is 1. The van der Waals surface area contributed by atoms with Gasteiger partial charge in [-0.25, -0.2) is 0 Å². The van der Waals surface area contributed by atoms with Gasteiger partial charge in [-0.3, -0.25) is 0 Å². The summed E-state index contributed by atoms with van der Waals surface area (Å²) in [5.74, 6) is 1.07. The molecule has 1 N–H and O–H groups in total. The number of nitrogens with one attached hydrogen (secondary N) is 1. The molecule has 3 aliphatic rings. The Morgan fingerprint density at radius 1 is 1.17 bits per heavy atom. The van der Waals surface area contributed by atoms with E-state index in [4.69, 9.17) is 0 Å². The molecule has 2 saturated heterocycles. The minimum Gasteiger partial charge on any atom is -0.310 e. The molecule has 0 radical (unpaired) electrons. The van der Waals surface area contributed by atoms with Crippen LogP contribution in [0.2, 0.25) is 0 Å². The molecule has 2 heteroatoms. The molecular formula is C10H18N2. The Balaban J connectivity index is 1.48. The number of piperidine rings is 1. The van der Waals surface area contributed by atoms with Gasteiger partial charge in [0.2, 0.25) is 0 Å². The van der Waals surface area contributed by atoms with Crippen LogP contribution in [0.25, 0.3) is 0 Å². The molecule has 0 spiro atoms. The molecule has 0 aromatic rings. The van der Waals surface area contributed by atoms with Crippen LogP contribution in [0.3, 0.4) is 0 Å². The van der Waals surface area contributed by atoms with Gasteiger partial charge in [0.25, 0.3) is 0 Å². The third kappa shape index (κ3) is 1.27. The Morgan fingerprint density at radius 2 is 2.00 bits per heavy atom. The smallest absolute Gasteiger partial charge is 0.0200 e. The second kappa shape index (κ2) is 2.71. The number of fused-ring (bicyclic) bond motifs is 1. The van der Waals surface area contributed by atoms with Crippen molar-refractivity contribution in [1.82, 2.24) is 10.2 Å². The van der Waals surface area contributed by atoms with E-state index in [-0.39, 0.29) is 0 Å². The van der Waals surface area contributed by atoms with Crippen LogP contribution in [-0.4, -0.2) is 36.6 Å². The predicted molar refractivity (Wildman–Crippen MR) is 49.1 cm³/mol. The summed E-state index contributed by atoms with van der Waals surface area (Å²) >= 11 is 0. The fourth-order valence-corrected chi connectivity index (χ4v) is 2.85. The lowest BCUT2D eigenvalue weighted by Gasteiger charge is -2.21. The molecule has 12 heavy (non-hydrogen) atoms. The van der Waals surface area contributed by atoms with Gasteiger partial charge in [0.05, 0.1) is 0 Å². The summed E-state index contributed by atoms with van der Waals surface area (Å²) in [4.78, 5) is 2.63. The van der Waals surface area contributed by atoms with E-state index < -0.39 is 0 Å². The zero-order valence-electron chi connectivity index (χ0n) is 7.63. The molecule has 2 heterocycles. The predicted octanol–water partition coefficient (Wildman–Crippen LogP) is 0.833. The van der Waals surface area contributed by atoms with Gasteiger partial charge < -0.3 is 10.2 Å². The van der Waals surface area contributed by atoms with Gasteiger partial charge >= 0.3 is 0 Å². The topological polar surface area (TPSA) is 15.3 Å². The lowest BCUT2D eigenvalue weighted by Crippen LogP contribution is -2.37. The Morgan fingerprint density at radius 3 is 2.67 bits per heavy atom. The van der Waals surface area contributed by atoms with Crippen LogP contribution in [0.4, 0.5) is 0 Å². The van der Waals surface area contributed by atoms with Gasteiger partial charge in [0.15, 0.2) is 0 Å². The van der Waals surface area contributed by atoms with Crippen molar-refractivity contribution >= 4 is 0 Å². The van der Waals surface area contributed by atoms with Crippen LogP contribution in [0.5, 0.6) is 0 Å². The highest BCUT2D eigenvalue weighted by atomic mass is 15.2. The number of likely N-dealkylation sites (tertiary alicyclic amines) is 1. The molecule has 1 aliphatic carbocycles. The number of rotatable bonds is 2. The molecule has 2 aliphatic heterocycles. The molecular weight excluding hydrogens is 148 g/mol. The lowest BCUT2D eigenvalue weighted by atomic mass is 10.2. The lowest BCUT2D eigenvalue weighted by molar-refractivity contribution is 0.294. The van der Waals surface area contributed by atoms with Gasteiger partial charge in [0, 0.05) is 18.6 Å². The molecule has 0 amide bonds. The Labute approximate surface area is 74.3 Å². The summed E-state index contributed by atoms with van der Waals surface area (Å²) in [6.07, 6.45) is 5.79. The average Bonchev–Trinajstić information content (AvgIpc) is 2.55. The molecule has 0 bridgehead atoms. The Bertz CT molecular complexity index is 165. The van der Waals surface area contributed by atoms with E-state index in [9.17, 15) is 0 Å². The largest absolute Gasteiger partial charge is 0.310 e. The van der Waals surface area contributed by atoms with Crippen molar-refractivity contribution in [3.8, 4) is 0 Å². The number of hydrogen-bond acceptors (Lipinski definition) is 2.